The zero-order valence-corrected chi connectivity index (χ0v) is 9.99. The average Bonchev–Trinajstić information content (AvgIpc) is 2.41. The van der Waals surface area contributed by atoms with E-state index >= 15 is 0 Å². The van der Waals surface area contributed by atoms with E-state index in [-0.39, 0.29) is 9.64 Å². The van der Waals surface area contributed by atoms with Gasteiger partial charge in [-0.3, -0.25) is 8.75 Å². The molecule has 80 valence electrons. The van der Waals surface area contributed by atoms with Gasteiger partial charge < -0.3 is 0 Å². The lowest BCUT2D eigenvalue weighted by molar-refractivity contribution is 0.609. The molecular weight excluding hydrogens is 258 g/mol. The summed E-state index contributed by atoms with van der Waals surface area (Å²) in [6, 6.07) is 4.26. The van der Waals surface area contributed by atoms with Crippen molar-refractivity contribution in [1.29, 1.82) is 0 Å². The van der Waals surface area contributed by atoms with Crippen molar-refractivity contribution in [3.8, 4) is 0 Å². The Kier molecular flexibility index (Phi) is 2.37. The Hall–Kier alpha value is -0.850. The highest BCUT2D eigenvalue weighted by Gasteiger charge is 2.13. The largest absolute Gasteiger partial charge is 0.297 e. The van der Waals surface area contributed by atoms with E-state index < -0.39 is 9.05 Å². The molecular formula is C8H6ClNO3S2. The van der Waals surface area contributed by atoms with Gasteiger partial charge in [-0.1, -0.05) is 0 Å². The van der Waals surface area contributed by atoms with E-state index in [4.69, 9.17) is 10.7 Å². The van der Waals surface area contributed by atoms with Gasteiger partial charge in [-0.05, 0) is 29.7 Å². The van der Waals surface area contributed by atoms with Gasteiger partial charge in [0.1, 0.15) is 0 Å². The highest BCUT2D eigenvalue weighted by atomic mass is 35.7. The first-order chi connectivity index (χ1) is 6.89. The Morgan fingerprint density at radius 2 is 2.07 bits per heavy atom. The summed E-state index contributed by atoms with van der Waals surface area (Å²) in [7, 11) is 3.15. The van der Waals surface area contributed by atoms with E-state index in [0.717, 1.165) is 11.5 Å². The van der Waals surface area contributed by atoms with Gasteiger partial charge in [-0.15, -0.1) is 0 Å². The lowest BCUT2D eigenvalue weighted by atomic mass is 10.2. The maximum absolute atomic E-state index is 11.4. The van der Waals surface area contributed by atoms with E-state index in [1.54, 1.807) is 17.1 Å². The molecule has 0 radical (unpaired) electrons. The van der Waals surface area contributed by atoms with Crippen LogP contribution in [0.5, 0.6) is 0 Å². The number of halogens is 1. The molecule has 1 aromatic carbocycles. The van der Waals surface area contributed by atoms with Crippen molar-refractivity contribution in [3.05, 3.63) is 27.7 Å². The summed E-state index contributed by atoms with van der Waals surface area (Å²) in [4.78, 5) is 11.4. The second-order valence-corrected chi connectivity index (χ2v) is 6.66. The Morgan fingerprint density at radius 1 is 1.40 bits per heavy atom. The number of nitrogens with zero attached hydrogens (tertiary/aromatic N) is 1. The molecule has 7 heteroatoms. The van der Waals surface area contributed by atoms with Crippen molar-refractivity contribution in [2.45, 2.75) is 4.90 Å². The van der Waals surface area contributed by atoms with Crippen molar-refractivity contribution >= 4 is 42.2 Å². The fourth-order valence-electron chi connectivity index (χ4n) is 1.33. The fourth-order valence-corrected chi connectivity index (χ4v) is 2.87. The van der Waals surface area contributed by atoms with Gasteiger partial charge in [0.25, 0.3) is 13.8 Å². The molecule has 4 nitrogen and oxygen atoms in total. The minimum absolute atomic E-state index is 0.0489. The van der Waals surface area contributed by atoms with Crippen LogP contribution in [-0.4, -0.2) is 12.4 Å². The SMILES string of the molecule is Cn1sc(=O)c2cc(S(=O)(=O)Cl)ccc21. The van der Waals surface area contributed by atoms with Crippen LogP contribution in [0.3, 0.4) is 0 Å². The van der Waals surface area contributed by atoms with Crippen molar-refractivity contribution < 1.29 is 8.42 Å². The average molecular weight is 264 g/mol. The molecule has 0 aliphatic carbocycles. The molecule has 0 unspecified atom stereocenters. The molecule has 2 aromatic rings. The lowest BCUT2D eigenvalue weighted by Crippen LogP contribution is -1.93. The Balaban J connectivity index is 2.88. The highest BCUT2D eigenvalue weighted by molar-refractivity contribution is 8.13. The first-order valence-corrected chi connectivity index (χ1v) is 7.02. The smallest absolute Gasteiger partial charge is 0.261 e. The summed E-state index contributed by atoms with van der Waals surface area (Å²) in [6.45, 7) is 0. The number of hydrogen-bond acceptors (Lipinski definition) is 4. The molecule has 15 heavy (non-hydrogen) atoms. The number of fused-ring (bicyclic) bond motifs is 1. The molecule has 2 rings (SSSR count). The second kappa shape index (κ2) is 3.33. The summed E-state index contributed by atoms with van der Waals surface area (Å²) in [5.41, 5.74) is 0.703. The molecule has 1 heterocycles. The normalized spacial score (nSPS) is 12.1. The number of aromatic nitrogens is 1. The van der Waals surface area contributed by atoms with E-state index in [9.17, 15) is 13.2 Å². The maximum atomic E-state index is 11.4. The molecule has 0 N–H and O–H groups in total. The standard InChI is InChI=1S/C8H6ClNO3S2/c1-10-7-3-2-5(15(9,12)13)4-6(7)8(11)14-10/h2-4H,1H3. The topological polar surface area (TPSA) is 56.1 Å². The Morgan fingerprint density at radius 3 is 2.67 bits per heavy atom. The van der Waals surface area contributed by atoms with E-state index in [1.807, 2.05) is 0 Å². The van der Waals surface area contributed by atoms with Crippen LogP contribution < -0.4 is 4.74 Å². The maximum Gasteiger partial charge on any atom is 0.261 e. The van der Waals surface area contributed by atoms with Gasteiger partial charge in [-0.2, -0.15) is 0 Å². The van der Waals surface area contributed by atoms with Gasteiger partial charge in [0.05, 0.1) is 15.8 Å². The molecule has 1 aromatic heterocycles. The first-order valence-electron chi connectivity index (χ1n) is 3.94. The van der Waals surface area contributed by atoms with Crippen LogP contribution in [0, 0.1) is 0 Å². The zero-order valence-electron chi connectivity index (χ0n) is 7.60. The summed E-state index contributed by atoms with van der Waals surface area (Å²) in [5, 5.41) is 0.379. The summed E-state index contributed by atoms with van der Waals surface area (Å²) in [6.07, 6.45) is 0. The van der Waals surface area contributed by atoms with Crippen molar-refractivity contribution in [3.63, 3.8) is 0 Å². The number of benzene rings is 1. The quantitative estimate of drug-likeness (QED) is 0.733. The molecule has 0 atom stereocenters. The van der Waals surface area contributed by atoms with E-state index in [2.05, 4.69) is 0 Å². The Bertz CT molecular complexity index is 683. The molecule has 0 fully saturated rings. The van der Waals surface area contributed by atoms with Gasteiger partial charge in [0.2, 0.25) is 0 Å². The lowest BCUT2D eigenvalue weighted by Gasteiger charge is -1.96. The van der Waals surface area contributed by atoms with Crippen LogP contribution in [-0.2, 0) is 16.1 Å². The molecule has 0 saturated carbocycles. The highest BCUT2D eigenvalue weighted by Crippen LogP contribution is 2.20. The molecule has 0 aliphatic heterocycles. The van der Waals surface area contributed by atoms with Crippen LogP contribution in [0.25, 0.3) is 10.9 Å². The zero-order chi connectivity index (χ0) is 11.2. The van der Waals surface area contributed by atoms with Crippen LogP contribution in [0.4, 0.5) is 0 Å². The van der Waals surface area contributed by atoms with Crippen molar-refractivity contribution in [2.24, 2.45) is 7.05 Å². The monoisotopic (exact) mass is 263 g/mol. The number of rotatable bonds is 1. The van der Waals surface area contributed by atoms with Crippen LogP contribution >= 0.6 is 22.2 Å². The first kappa shape index (κ1) is 10.7. The van der Waals surface area contributed by atoms with Gasteiger partial charge in [-0.25, -0.2) is 8.42 Å². The van der Waals surface area contributed by atoms with Crippen LogP contribution in [0.2, 0.25) is 0 Å². The van der Waals surface area contributed by atoms with Gasteiger partial charge in [0, 0.05) is 17.7 Å². The summed E-state index contributed by atoms with van der Waals surface area (Å²) < 4.78 is 23.6. The summed E-state index contributed by atoms with van der Waals surface area (Å²) >= 11 is 1.03. The summed E-state index contributed by atoms with van der Waals surface area (Å²) in [5.74, 6) is 0. The van der Waals surface area contributed by atoms with Gasteiger partial charge in [0.15, 0.2) is 0 Å². The van der Waals surface area contributed by atoms with Crippen LogP contribution in [0.15, 0.2) is 27.9 Å². The fraction of sp³-hybridized carbons (Fsp3) is 0.125. The minimum Gasteiger partial charge on any atom is -0.297 e. The van der Waals surface area contributed by atoms with E-state index in [0.29, 0.717) is 10.9 Å². The van der Waals surface area contributed by atoms with Crippen LogP contribution in [0.1, 0.15) is 0 Å². The van der Waals surface area contributed by atoms with E-state index in [1.165, 1.54) is 12.1 Å². The van der Waals surface area contributed by atoms with Crippen molar-refractivity contribution in [2.75, 3.05) is 0 Å². The molecule has 0 amide bonds. The third-order valence-electron chi connectivity index (χ3n) is 2.03. The van der Waals surface area contributed by atoms with Crippen molar-refractivity contribution in [1.82, 2.24) is 3.96 Å². The molecule has 0 saturated heterocycles. The molecule has 0 spiro atoms. The molecule has 0 bridgehead atoms. The van der Waals surface area contributed by atoms with Gasteiger partial charge >= 0.3 is 0 Å². The third-order valence-corrected chi connectivity index (χ3v) is 4.24. The number of aryl methyl sites for hydroxylation is 1. The number of hydrogen-bond donors (Lipinski definition) is 0. The Labute approximate surface area is 94.3 Å². The predicted molar refractivity (Wildman–Crippen MR) is 60.1 cm³/mol. The second-order valence-electron chi connectivity index (χ2n) is 2.99. The minimum atomic E-state index is -3.77. The predicted octanol–water partition coefficient (Wildman–Crippen LogP) is 1.53. The molecule has 0 aliphatic rings. The third kappa shape index (κ3) is 1.80.